The number of nitrogens with one attached hydrogen (secondary N) is 3. The van der Waals surface area contributed by atoms with Crippen molar-refractivity contribution in [2.75, 3.05) is 5.32 Å². The normalized spacial score (nSPS) is 17.9. The highest BCUT2D eigenvalue weighted by molar-refractivity contribution is 6.00. The molecule has 0 saturated heterocycles. The van der Waals surface area contributed by atoms with E-state index in [1.807, 2.05) is 6.92 Å². The average Bonchev–Trinajstić information content (AvgIpc) is 3.37. The molecule has 6 nitrogen and oxygen atoms in total. The van der Waals surface area contributed by atoms with Crippen LogP contribution in [0.1, 0.15) is 34.1 Å². The highest BCUT2D eigenvalue weighted by Gasteiger charge is 2.39. The third kappa shape index (κ3) is 4.24. The predicted octanol–water partition coefficient (Wildman–Crippen LogP) is 2.50. The van der Waals surface area contributed by atoms with Crippen molar-refractivity contribution in [3.8, 4) is 0 Å². The molecule has 26 heavy (non-hydrogen) atoms. The Bertz CT molecular complexity index is 851. The number of benzene rings is 2. The first kappa shape index (κ1) is 17.6. The van der Waals surface area contributed by atoms with Crippen LogP contribution in [0, 0.1) is 17.7 Å². The quantitative estimate of drug-likeness (QED) is 0.737. The first-order chi connectivity index (χ1) is 12.4. The highest BCUT2D eigenvalue weighted by atomic mass is 19.1. The van der Waals surface area contributed by atoms with Crippen molar-refractivity contribution in [2.24, 2.45) is 11.8 Å². The lowest BCUT2D eigenvalue weighted by Crippen LogP contribution is -2.41. The Morgan fingerprint density at radius 2 is 1.58 bits per heavy atom. The van der Waals surface area contributed by atoms with Gasteiger partial charge >= 0.3 is 0 Å². The van der Waals surface area contributed by atoms with E-state index in [4.69, 9.17) is 0 Å². The van der Waals surface area contributed by atoms with E-state index in [-0.39, 0.29) is 23.0 Å². The van der Waals surface area contributed by atoms with Gasteiger partial charge in [0.1, 0.15) is 5.82 Å². The lowest BCUT2D eigenvalue weighted by Gasteiger charge is -2.09. The van der Waals surface area contributed by atoms with E-state index in [0.29, 0.717) is 11.6 Å². The molecule has 0 aromatic heterocycles. The Hall–Kier alpha value is -3.22. The van der Waals surface area contributed by atoms with Crippen LogP contribution in [0.15, 0.2) is 48.5 Å². The summed E-state index contributed by atoms with van der Waals surface area (Å²) in [5.41, 5.74) is 5.57. The van der Waals surface area contributed by atoms with Crippen molar-refractivity contribution in [3.05, 3.63) is 65.5 Å². The summed E-state index contributed by atoms with van der Waals surface area (Å²) < 4.78 is 12.9. The van der Waals surface area contributed by atoms with Gasteiger partial charge in [-0.05, 0) is 54.8 Å². The molecule has 2 aromatic rings. The molecule has 1 aliphatic carbocycles. The maximum atomic E-state index is 12.9. The van der Waals surface area contributed by atoms with Crippen LogP contribution in [-0.2, 0) is 4.79 Å². The molecule has 1 fully saturated rings. The largest absolute Gasteiger partial charge is 0.326 e. The molecule has 1 aliphatic rings. The van der Waals surface area contributed by atoms with E-state index in [1.165, 1.54) is 18.2 Å². The highest BCUT2D eigenvalue weighted by Crippen LogP contribution is 2.38. The molecule has 2 unspecified atom stereocenters. The maximum Gasteiger partial charge on any atom is 0.269 e. The summed E-state index contributed by atoms with van der Waals surface area (Å²) in [5, 5.41) is 2.78. The number of carbonyl (C=O) groups excluding carboxylic acids is 3. The average molecular weight is 355 g/mol. The Morgan fingerprint density at radius 3 is 2.19 bits per heavy atom. The second-order valence-corrected chi connectivity index (χ2v) is 6.30. The minimum absolute atomic E-state index is 0.0301. The zero-order valence-corrected chi connectivity index (χ0v) is 14.1. The Balaban J connectivity index is 1.57. The molecular weight excluding hydrogens is 337 g/mol. The van der Waals surface area contributed by atoms with Gasteiger partial charge in [0.05, 0.1) is 0 Å². The fourth-order valence-corrected chi connectivity index (χ4v) is 2.52. The van der Waals surface area contributed by atoms with Gasteiger partial charge in [0.15, 0.2) is 0 Å². The van der Waals surface area contributed by atoms with Crippen LogP contribution in [0.5, 0.6) is 0 Å². The Labute approximate surface area is 149 Å². The zero-order chi connectivity index (χ0) is 18.7. The lowest BCUT2D eigenvalue weighted by molar-refractivity contribution is -0.117. The number of carbonyl (C=O) groups is 3. The number of hydrogen-bond donors (Lipinski definition) is 3. The van der Waals surface area contributed by atoms with Gasteiger partial charge in [0, 0.05) is 22.7 Å². The number of rotatable bonds is 4. The first-order valence-electron chi connectivity index (χ1n) is 8.21. The summed E-state index contributed by atoms with van der Waals surface area (Å²) in [6.45, 7) is 2.01. The van der Waals surface area contributed by atoms with Crippen LogP contribution < -0.4 is 16.2 Å². The number of halogens is 1. The molecule has 0 spiro atoms. The lowest BCUT2D eigenvalue weighted by atomic mass is 10.2. The number of hydrogen-bond acceptors (Lipinski definition) is 3. The predicted molar refractivity (Wildman–Crippen MR) is 93.7 cm³/mol. The molecule has 0 radical (unpaired) electrons. The van der Waals surface area contributed by atoms with Gasteiger partial charge in [-0.2, -0.15) is 0 Å². The van der Waals surface area contributed by atoms with Gasteiger partial charge in [-0.25, -0.2) is 4.39 Å². The van der Waals surface area contributed by atoms with Crippen molar-refractivity contribution in [2.45, 2.75) is 13.3 Å². The summed E-state index contributed by atoms with van der Waals surface area (Å²) in [4.78, 5) is 36.1. The molecule has 3 amide bonds. The summed E-state index contributed by atoms with van der Waals surface area (Å²) in [5.74, 6) is -1.18. The Morgan fingerprint density at radius 1 is 0.962 bits per heavy atom. The molecule has 0 heterocycles. The van der Waals surface area contributed by atoms with Crippen molar-refractivity contribution in [1.29, 1.82) is 0 Å². The minimum Gasteiger partial charge on any atom is -0.326 e. The second-order valence-electron chi connectivity index (χ2n) is 6.30. The molecule has 3 rings (SSSR count). The minimum atomic E-state index is -0.564. The van der Waals surface area contributed by atoms with E-state index in [2.05, 4.69) is 16.2 Å². The second kappa shape index (κ2) is 7.35. The maximum absolute atomic E-state index is 12.9. The molecule has 7 heteroatoms. The van der Waals surface area contributed by atoms with Gasteiger partial charge in [-0.3, -0.25) is 25.2 Å². The fraction of sp³-hybridized carbons (Fsp3) is 0.211. The van der Waals surface area contributed by atoms with Crippen LogP contribution >= 0.6 is 0 Å². The molecule has 2 atom stereocenters. The summed E-state index contributed by atoms with van der Waals surface area (Å²) >= 11 is 0. The van der Waals surface area contributed by atoms with Crippen LogP contribution in [0.4, 0.5) is 10.1 Å². The third-order valence-corrected chi connectivity index (χ3v) is 4.23. The van der Waals surface area contributed by atoms with Gasteiger partial charge < -0.3 is 5.32 Å². The van der Waals surface area contributed by atoms with Crippen LogP contribution in [0.25, 0.3) is 0 Å². The molecule has 134 valence electrons. The van der Waals surface area contributed by atoms with Gasteiger partial charge in [0.25, 0.3) is 11.8 Å². The SMILES string of the molecule is CC1CC1C(=O)Nc1cccc(C(=O)NNC(=O)c2ccc(F)cc2)c1. The topological polar surface area (TPSA) is 87.3 Å². The summed E-state index contributed by atoms with van der Waals surface area (Å²) in [6.07, 6.45) is 0.876. The third-order valence-electron chi connectivity index (χ3n) is 4.23. The molecular formula is C19H18FN3O3. The van der Waals surface area contributed by atoms with Gasteiger partial charge in [-0.1, -0.05) is 13.0 Å². The van der Waals surface area contributed by atoms with Crippen molar-refractivity contribution in [1.82, 2.24) is 10.9 Å². The van der Waals surface area contributed by atoms with E-state index in [1.54, 1.807) is 18.2 Å². The monoisotopic (exact) mass is 355 g/mol. The molecule has 2 aromatic carbocycles. The number of hydrazine groups is 1. The molecule has 0 bridgehead atoms. The molecule has 3 N–H and O–H groups in total. The Kier molecular flexibility index (Phi) is 4.97. The first-order valence-corrected chi connectivity index (χ1v) is 8.21. The smallest absolute Gasteiger partial charge is 0.269 e. The van der Waals surface area contributed by atoms with Crippen molar-refractivity contribution in [3.63, 3.8) is 0 Å². The number of amides is 3. The standard InChI is InChI=1S/C19H18FN3O3/c1-11-9-16(11)19(26)21-15-4-2-3-13(10-15)18(25)23-22-17(24)12-5-7-14(20)8-6-12/h2-8,10-11,16H,9H2,1H3,(H,21,26)(H,22,24)(H,23,25). The van der Waals surface area contributed by atoms with E-state index < -0.39 is 17.6 Å². The summed E-state index contributed by atoms with van der Waals surface area (Å²) in [6, 6.07) is 11.4. The number of anilines is 1. The van der Waals surface area contributed by atoms with E-state index >= 15 is 0 Å². The van der Waals surface area contributed by atoms with Crippen LogP contribution in [0.2, 0.25) is 0 Å². The van der Waals surface area contributed by atoms with E-state index in [0.717, 1.165) is 18.6 Å². The van der Waals surface area contributed by atoms with Gasteiger partial charge in [0.2, 0.25) is 5.91 Å². The van der Waals surface area contributed by atoms with Crippen LogP contribution in [0.3, 0.4) is 0 Å². The van der Waals surface area contributed by atoms with Crippen molar-refractivity contribution >= 4 is 23.4 Å². The molecule has 0 aliphatic heterocycles. The fourth-order valence-electron chi connectivity index (χ4n) is 2.52. The van der Waals surface area contributed by atoms with Crippen LogP contribution in [-0.4, -0.2) is 17.7 Å². The zero-order valence-electron chi connectivity index (χ0n) is 14.1. The van der Waals surface area contributed by atoms with E-state index in [9.17, 15) is 18.8 Å². The van der Waals surface area contributed by atoms with Gasteiger partial charge in [-0.15, -0.1) is 0 Å². The summed E-state index contributed by atoms with van der Waals surface area (Å²) in [7, 11) is 0. The molecule has 1 saturated carbocycles. The van der Waals surface area contributed by atoms with Crippen molar-refractivity contribution < 1.29 is 18.8 Å².